The number of carbonyl (C=O) groups is 1. The van der Waals surface area contributed by atoms with Crippen molar-refractivity contribution in [3.05, 3.63) is 17.5 Å². The normalized spacial score (nSPS) is 11.1. The Balaban J connectivity index is 3.31. The number of esters is 1. The lowest BCUT2D eigenvalue weighted by Crippen LogP contribution is -2.19. The van der Waals surface area contributed by atoms with Crippen molar-refractivity contribution >= 4 is 5.97 Å². The Hall–Kier alpha value is -2.06. The molecule has 0 unspecified atom stereocenters. The minimum Gasteiger partial charge on any atom is -0.494 e. The molecule has 106 valence electrons. The molecule has 0 atom stereocenters. The summed E-state index contributed by atoms with van der Waals surface area (Å²) in [4.78, 5) is 14.7. The predicted octanol–water partition coefficient (Wildman–Crippen LogP) is 2.24. The molecule has 19 heavy (non-hydrogen) atoms. The van der Waals surface area contributed by atoms with Crippen LogP contribution < -0.4 is 9.47 Å². The van der Waals surface area contributed by atoms with Crippen molar-refractivity contribution in [2.24, 2.45) is 0 Å². The average molecular weight is 283 g/mol. The summed E-state index contributed by atoms with van der Waals surface area (Å²) in [6.45, 7) is -1.35. The molecule has 0 aliphatic carbocycles. The van der Waals surface area contributed by atoms with Crippen LogP contribution in [0.15, 0.2) is 6.07 Å². The van der Waals surface area contributed by atoms with Gasteiger partial charge >= 0.3 is 12.3 Å². The van der Waals surface area contributed by atoms with Gasteiger partial charge in [-0.2, -0.15) is 0 Å². The second-order valence-corrected chi connectivity index (χ2v) is 3.16. The van der Waals surface area contributed by atoms with Gasteiger partial charge < -0.3 is 14.2 Å². The minimum atomic E-state index is -5.01. The third-order valence-corrected chi connectivity index (χ3v) is 1.98. The minimum absolute atomic E-state index is 0.316. The lowest BCUT2D eigenvalue weighted by atomic mass is 10.2. The van der Waals surface area contributed by atoms with Crippen molar-refractivity contribution in [1.82, 2.24) is 4.98 Å². The highest BCUT2D eigenvalue weighted by Crippen LogP contribution is 2.31. The smallest absolute Gasteiger partial charge is 0.494 e. The number of halogens is 4. The molecule has 0 N–H and O–H groups in total. The fourth-order valence-electron chi connectivity index (χ4n) is 1.22. The standard InChI is InChI=1S/C10H9F4NO4/c1-17-7-3-6(19-10(12,13)14)5(4-11)15-8(7)9(16)18-2/h3H,4H2,1-2H3. The molecular weight excluding hydrogens is 274 g/mol. The number of hydrogen-bond acceptors (Lipinski definition) is 5. The topological polar surface area (TPSA) is 57.7 Å². The Bertz CT molecular complexity index is 475. The maximum atomic E-state index is 12.6. The zero-order valence-corrected chi connectivity index (χ0v) is 9.88. The van der Waals surface area contributed by atoms with Crippen LogP contribution in [0.5, 0.6) is 11.5 Å². The van der Waals surface area contributed by atoms with Crippen LogP contribution >= 0.6 is 0 Å². The van der Waals surface area contributed by atoms with Crippen LogP contribution in [0.25, 0.3) is 0 Å². The van der Waals surface area contributed by atoms with E-state index in [0.29, 0.717) is 0 Å². The van der Waals surface area contributed by atoms with Crippen molar-refractivity contribution in [1.29, 1.82) is 0 Å². The molecule has 9 heteroatoms. The number of aromatic nitrogens is 1. The molecule has 0 spiro atoms. The maximum Gasteiger partial charge on any atom is 0.573 e. The lowest BCUT2D eigenvalue weighted by molar-refractivity contribution is -0.275. The Labute approximate surface area is 105 Å². The lowest BCUT2D eigenvalue weighted by Gasteiger charge is -2.14. The van der Waals surface area contributed by atoms with E-state index in [1.807, 2.05) is 0 Å². The summed E-state index contributed by atoms with van der Waals surface area (Å²) in [7, 11) is 2.15. The maximum absolute atomic E-state index is 12.6. The van der Waals surface area contributed by atoms with Gasteiger partial charge in [0.05, 0.1) is 14.2 Å². The third-order valence-electron chi connectivity index (χ3n) is 1.98. The molecule has 0 bridgehead atoms. The van der Waals surface area contributed by atoms with Crippen LogP contribution in [0.4, 0.5) is 17.6 Å². The first-order chi connectivity index (χ1) is 8.82. The number of methoxy groups -OCH3 is 2. The second-order valence-electron chi connectivity index (χ2n) is 3.16. The third kappa shape index (κ3) is 3.70. The van der Waals surface area contributed by atoms with Gasteiger partial charge in [-0.15, -0.1) is 13.2 Å². The van der Waals surface area contributed by atoms with Crippen LogP contribution in [0.3, 0.4) is 0 Å². The summed E-state index contributed by atoms with van der Waals surface area (Å²) in [6, 6.07) is 0.724. The molecule has 0 fully saturated rings. The molecule has 0 saturated carbocycles. The molecule has 0 aromatic carbocycles. The first kappa shape index (κ1) is 15.0. The van der Waals surface area contributed by atoms with Gasteiger partial charge in [0.25, 0.3) is 0 Å². The highest BCUT2D eigenvalue weighted by Gasteiger charge is 2.33. The molecule has 1 aromatic heterocycles. The summed E-state index contributed by atoms with van der Waals surface area (Å²) in [5, 5.41) is 0. The number of rotatable bonds is 4. The molecule has 1 rings (SSSR count). The number of alkyl halides is 4. The van der Waals surface area contributed by atoms with Crippen molar-refractivity contribution in [3.8, 4) is 11.5 Å². The van der Waals surface area contributed by atoms with Crippen LogP contribution in [-0.4, -0.2) is 31.5 Å². The Kier molecular flexibility index (Phi) is 4.52. The summed E-state index contributed by atoms with van der Waals surface area (Å²) in [6.07, 6.45) is -5.01. The van der Waals surface area contributed by atoms with E-state index in [0.717, 1.165) is 20.3 Å². The van der Waals surface area contributed by atoms with Gasteiger partial charge in [-0.1, -0.05) is 0 Å². The zero-order chi connectivity index (χ0) is 14.6. The van der Waals surface area contributed by atoms with Crippen LogP contribution in [0.2, 0.25) is 0 Å². The number of ether oxygens (including phenoxy) is 3. The highest BCUT2D eigenvalue weighted by atomic mass is 19.4. The first-order valence-corrected chi connectivity index (χ1v) is 4.80. The summed E-state index contributed by atoms with van der Waals surface area (Å²) < 4.78 is 61.6. The summed E-state index contributed by atoms with van der Waals surface area (Å²) >= 11 is 0. The van der Waals surface area contributed by atoms with Gasteiger partial charge in [-0.25, -0.2) is 14.2 Å². The van der Waals surface area contributed by atoms with Crippen molar-refractivity contribution < 1.29 is 36.6 Å². The van der Waals surface area contributed by atoms with Gasteiger partial charge in [0, 0.05) is 6.07 Å². The zero-order valence-electron chi connectivity index (χ0n) is 9.88. The molecule has 0 aliphatic heterocycles. The Morgan fingerprint density at radius 3 is 2.37 bits per heavy atom. The van der Waals surface area contributed by atoms with E-state index in [1.54, 1.807) is 0 Å². The fourth-order valence-corrected chi connectivity index (χ4v) is 1.22. The number of carbonyl (C=O) groups excluding carboxylic acids is 1. The van der Waals surface area contributed by atoms with Crippen LogP contribution in [-0.2, 0) is 11.4 Å². The molecule has 0 aliphatic rings. The summed E-state index contributed by atoms with van der Waals surface area (Å²) in [5.41, 5.74) is -1.12. The molecule has 5 nitrogen and oxygen atoms in total. The SMILES string of the molecule is COC(=O)c1nc(CF)c(OC(F)(F)F)cc1OC. The van der Waals surface area contributed by atoms with E-state index < -0.39 is 36.1 Å². The molecule has 0 saturated heterocycles. The number of hydrogen-bond donors (Lipinski definition) is 0. The number of pyridine rings is 1. The average Bonchev–Trinajstić information content (AvgIpc) is 2.35. The molecule has 0 amide bonds. The largest absolute Gasteiger partial charge is 0.573 e. The van der Waals surface area contributed by atoms with E-state index >= 15 is 0 Å². The highest BCUT2D eigenvalue weighted by molar-refractivity contribution is 5.90. The monoisotopic (exact) mass is 283 g/mol. The predicted molar refractivity (Wildman–Crippen MR) is 53.6 cm³/mol. The van der Waals surface area contributed by atoms with E-state index in [1.165, 1.54) is 0 Å². The van der Waals surface area contributed by atoms with Crippen LogP contribution in [0.1, 0.15) is 16.2 Å². The van der Waals surface area contributed by atoms with Crippen molar-refractivity contribution in [2.75, 3.05) is 14.2 Å². The van der Waals surface area contributed by atoms with Crippen molar-refractivity contribution in [3.63, 3.8) is 0 Å². The van der Waals surface area contributed by atoms with Crippen molar-refractivity contribution in [2.45, 2.75) is 13.0 Å². The van der Waals surface area contributed by atoms with Gasteiger partial charge in [-0.3, -0.25) is 0 Å². The van der Waals surface area contributed by atoms with Gasteiger partial charge in [0.1, 0.15) is 12.4 Å². The Morgan fingerprint density at radius 1 is 1.32 bits per heavy atom. The number of nitrogens with zero attached hydrogens (tertiary/aromatic N) is 1. The second kappa shape index (κ2) is 5.72. The van der Waals surface area contributed by atoms with E-state index in [2.05, 4.69) is 19.2 Å². The van der Waals surface area contributed by atoms with Gasteiger partial charge in [0.15, 0.2) is 17.2 Å². The first-order valence-electron chi connectivity index (χ1n) is 4.80. The van der Waals surface area contributed by atoms with E-state index in [4.69, 9.17) is 0 Å². The van der Waals surface area contributed by atoms with Gasteiger partial charge in [-0.05, 0) is 0 Å². The quantitative estimate of drug-likeness (QED) is 0.626. The molecular formula is C10H9F4NO4. The fraction of sp³-hybridized carbons (Fsp3) is 0.400. The Morgan fingerprint density at radius 2 is 1.95 bits per heavy atom. The van der Waals surface area contributed by atoms with E-state index in [-0.39, 0.29) is 5.75 Å². The van der Waals surface area contributed by atoms with Crippen LogP contribution in [0, 0.1) is 0 Å². The van der Waals surface area contributed by atoms with Gasteiger partial charge in [0.2, 0.25) is 0 Å². The summed E-state index contributed by atoms with van der Waals surface area (Å²) in [5.74, 6) is -2.16. The molecule has 1 aromatic rings. The molecule has 0 radical (unpaired) electrons. The van der Waals surface area contributed by atoms with E-state index in [9.17, 15) is 22.4 Å². The molecule has 1 heterocycles.